The smallest absolute Gasteiger partial charge is 0.243 e. The molecule has 1 unspecified atom stereocenters. The molecule has 1 atom stereocenters. The summed E-state index contributed by atoms with van der Waals surface area (Å²) in [5, 5.41) is 2.94. The molecule has 0 aromatic carbocycles. The van der Waals surface area contributed by atoms with Crippen molar-refractivity contribution in [1.29, 1.82) is 0 Å². The molecule has 0 bridgehead atoms. The van der Waals surface area contributed by atoms with Crippen molar-refractivity contribution in [2.45, 2.75) is 39.3 Å². The molecule has 2 aromatic heterocycles. The maximum Gasteiger partial charge on any atom is 0.243 e. The normalized spacial score (nSPS) is 13.5. The number of aromatic nitrogens is 3. The topological polar surface area (TPSA) is 85.8 Å². The number of nitrogen functional groups attached to an aromatic ring is 1. The van der Waals surface area contributed by atoms with Crippen LogP contribution in [0.4, 0.5) is 5.95 Å². The third-order valence-electron chi connectivity index (χ3n) is 2.78. The second kappa shape index (κ2) is 4.53. The number of nitrogens with two attached hydrogens (primary N) is 1. The molecule has 6 nitrogen and oxygen atoms in total. The molecule has 0 fully saturated rings. The van der Waals surface area contributed by atoms with Crippen molar-refractivity contribution in [2.75, 3.05) is 5.73 Å². The van der Waals surface area contributed by atoms with Gasteiger partial charge in [0.1, 0.15) is 11.6 Å². The molecule has 1 amide bonds. The van der Waals surface area contributed by atoms with Gasteiger partial charge in [0.2, 0.25) is 11.9 Å². The lowest BCUT2D eigenvalue weighted by molar-refractivity contribution is -0.125. The lowest BCUT2D eigenvalue weighted by Gasteiger charge is -2.24. The predicted molar refractivity (Wildman–Crippen MR) is 74.5 cm³/mol. The number of carbonyl (C=O) groups is 1. The summed E-state index contributed by atoms with van der Waals surface area (Å²) in [5.74, 6) is 0.231. The third kappa shape index (κ3) is 2.67. The second-order valence-corrected chi connectivity index (χ2v) is 5.62. The van der Waals surface area contributed by atoms with Crippen LogP contribution in [0, 0.1) is 0 Å². The van der Waals surface area contributed by atoms with Gasteiger partial charge < -0.3 is 11.1 Å². The van der Waals surface area contributed by atoms with Crippen molar-refractivity contribution in [3.05, 3.63) is 18.5 Å². The first kappa shape index (κ1) is 13.3. The number of amides is 1. The first-order valence-corrected chi connectivity index (χ1v) is 6.19. The highest BCUT2D eigenvalue weighted by Crippen LogP contribution is 2.22. The SMILES string of the molecule is CC(C(=O)NC(C)(C)C)n1c(N)nc2cnccc21. The number of anilines is 1. The van der Waals surface area contributed by atoms with Crippen LogP contribution in [0.2, 0.25) is 0 Å². The molecule has 0 aliphatic heterocycles. The van der Waals surface area contributed by atoms with Crippen molar-refractivity contribution in [1.82, 2.24) is 19.9 Å². The Bertz CT molecular complexity index is 611. The summed E-state index contributed by atoms with van der Waals surface area (Å²) in [6.45, 7) is 7.63. The van der Waals surface area contributed by atoms with Crippen molar-refractivity contribution in [2.24, 2.45) is 0 Å². The highest BCUT2D eigenvalue weighted by Gasteiger charge is 2.23. The molecule has 2 rings (SSSR count). The van der Waals surface area contributed by atoms with Crippen molar-refractivity contribution in [3.63, 3.8) is 0 Å². The van der Waals surface area contributed by atoms with Crippen LogP contribution in [0.25, 0.3) is 11.0 Å². The number of fused-ring (bicyclic) bond motifs is 1. The van der Waals surface area contributed by atoms with Crippen molar-refractivity contribution in [3.8, 4) is 0 Å². The second-order valence-electron chi connectivity index (χ2n) is 5.62. The van der Waals surface area contributed by atoms with Gasteiger partial charge in [0.15, 0.2) is 0 Å². The van der Waals surface area contributed by atoms with Crippen molar-refractivity contribution >= 4 is 22.9 Å². The average Bonchev–Trinajstić information content (AvgIpc) is 2.61. The average molecular weight is 261 g/mol. The standard InChI is InChI=1S/C13H19N5O/c1-8(11(19)17-13(2,3)4)18-10-5-6-15-7-9(10)16-12(18)14/h5-8H,1-4H3,(H2,14,16)(H,17,19). The summed E-state index contributed by atoms with van der Waals surface area (Å²) in [6.07, 6.45) is 3.30. The maximum absolute atomic E-state index is 12.2. The fourth-order valence-corrected chi connectivity index (χ4v) is 1.97. The summed E-state index contributed by atoms with van der Waals surface area (Å²) in [5.41, 5.74) is 7.12. The largest absolute Gasteiger partial charge is 0.369 e. The fraction of sp³-hybridized carbons (Fsp3) is 0.462. The number of nitrogens with zero attached hydrogens (tertiary/aromatic N) is 3. The number of hydrogen-bond donors (Lipinski definition) is 2. The zero-order valence-electron chi connectivity index (χ0n) is 11.6. The quantitative estimate of drug-likeness (QED) is 0.857. The highest BCUT2D eigenvalue weighted by atomic mass is 16.2. The van der Waals surface area contributed by atoms with E-state index >= 15 is 0 Å². The predicted octanol–water partition coefficient (Wildman–Crippen LogP) is 1.49. The number of rotatable bonds is 2. The molecule has 3 N–H and O–H groups in total. The number of imidazole rings is 1. The van der Waals surface area contributed by atoms with E-state index in [0.717, 1.165) is 5.52 Å². The van der Waals surface area contributed by atoms with E-state index in [1.807, 2.05) is 20.8 Å². The lowest BCUT2D eigenvalue weighted by Crippen LogP contribution is -2.43. The van der Waals surface area contributed by atoms with Gasteiger partial charge in [0, 0.05) is 11.7 Å². The van der Waals surface area contributed by atoms with Gasteiger partial charge in [-0.05, 0) is 33.8 Å². The van der Waals surface area contributed by atoms with Crippen LogP contribution in [0.1, 0.15) is 33.7 Å². The zero-order chi connectivity index (χ0) is 14.2. The molecule has 102 valence electrons. The van der Waals surface area contributed by atoms with Crippen LogP contribution < -0.4 is 11.1 Å². The van der Waals surface area contributed by atoms with E-state index in [2.05, 4.69) is 15.3 Å². The van der Waals surface area contributed by atoms with Crippen LogP contribution in [-0.4, -0.2) is 26.0 Å². The Balaban J connectivity index is 2.39. The summed E-state index contributed by atoms with van der Waals surface area (Å²) >= 11 is 0. The minimum Gasteiger partial charge on any atom is -0.369 e. The van der Waals surface area contributed by atoms with Gasteiger partial charge in [-0.3, -0.25) is 14.3 Å². The molecule has 19 heavy (non-hydrogen) atoms. The van der Waals surface area contributed by atoms with Gasteiger partial charge in [0.25, 0.3) is 0 Å². The monoisotopic (exact) mass is 261 g/mol. The van der Waals surface area contributed by atoms with E-state index in [1.165, 1.54) is 0 Å². The Morgan fingerprint density at radius 2 is 2.16 bits per heavy atom. The summed E-state index contributed by atoms with van der Waals surface area (Å²) in [4.78, 5) is 20.4. The minimum absolute atomic E-state index is 0.0877. The molecule has 0 saturated carbocycles. The Morgan fingerprint density at radius 3 is 2.79 bits per heavy atom. The van der Waals surface area contributed by atoms with Gasteiger partial charge in [-0.15, -0.1) is 0 Å². The molecule has 2 aromatic rings. The van der Waals surface area contributed by atoms with Crippen LogP contribution >= 0.6 is 0 Å². The van der Waals surface area contributed by atoms with Crippen LogP contribution in [0.3, 0.4) is 0 Å². The van der Waals surface area contributed by atoms with E-state index in [1.54, 1.807) is 30.0 Å². The van der Waals surface area contributed by atoms with E-state index < -0.39 is 6.04 Å². The molecular weight excluding hydrogens is 242 g/mol. The van der Waals surface area contributed by atoms with Crippen molar-refractivity contribution < 1.29 is 4.79 Å². The Hall–Kier alpha value is -2.11. The third-order valence-corrected chi connectivity index (χ3v) is 2.78. The summed E-state index contributed by atoms with van der Waals surface area (Å²) in [6, 6.07) is 1.38. The van der Waals surface area contributed by atoms with Gasteiger partial charge in [-0.1, -0.05) is 0 Å². The van der Waals surface area contributed by atoms with Gasteiger partial charge in [0.05, 0.1) is 11.7 Å². The number of pyridine rings is 1. The van der Waals surface area contributed by atoms with Crippen LogP contribution in [-0.2, 0) is 4.79 Å². The molecular formula is C13H19N5O. The molecule has 2 heterocycles. The molecule has 6 heteroatoms. The first-order chi connectivity index (χ1) is 8.79. The summed E-state index contributed by atoms with van der Waals surface area (Å²) < 4.78 is 1.72. The van der Waals surface area contributed by atoms with E-state index in [-0.39, 0.29) is 11.4 Å². The van der Waals surface area contributed by atoms with Crippen LogP contribution in [0.15, 0.2) is 18.5 Å². The van der Waals surface area contributed by atoms with E-state index in [0.29, 0.717) is 11.5 Å². The molecule has 0 spiro atoms. The number of hydrogen-bond acceptors (Lipinski definition) is 4. The number of carbonyl (C=O) groups excluding carboxylic acids is 1. The molecule has 0 radical (unpaired) electrons. The number of nitrogens with one attached hydrogen (secondary N) is 1. The maximum atomic E-state index is 12.2. The first-order valence-electron chi connectivity index (χ1n) is 6.19. The van der Waals surface area contributed by atoms with E-state index in [9.17, 15) is 4.79 Å². The van der Waals surface area contributed by atoms with E-state index in [4.69, 9.17) is 5.73 Å². The lowest BCUT2D eigenvalue weighted by atomic mass is 10.1. The highest BCUT2D eigenvalue weighted by molar-refractivity contribution is 5.85. The molecule has 0 saturated heterocycles. The minimum atomic E-state index is -0.424. The Labute approximate surface area is 112 Å². The Kier molecular flexibility index (Phi) is 3.18. The molecule has 0 aliphatic rings. The van der Waals surface area contributed by atoms with Crippen LogP contribution in [0.5, 0.6) is 0 Å². The Morgan fingerprint density at radius 1 is 1.47 bits per heavy atom. The molecule has 0 aliphatic carbocycles. The zero-order valence-corrected chi connectivity index (χ0v) is 11.6. The van der Waals surface area contributed by atoms with Gasteiger partial charge in [-0.2, -0.15) is 0 Å². The fourth-order valence-electron chi connectivity index (χ4n) is 1.97. The van der Waals surface area contributed by atoms with Gasteiger partial charge >= 0.3 is 0 Å². The summed E-state index contributed by atoms with van der Waals surface area (Å²) in [7, 11) is 0. The van der Waals surface area contributed by atoms with Gasteiger partial charge in [-0.25, -0.2) is 4.98 Å².